The minimum absolute atomic E-state index is 0.944. The lowest BCUT2D eigenvalue weighted by atomic mass is 10.1. The van der Waals surface area contributed by atoms with Gasteiger partial charge in [-0.25, -0.2) is 17.6 Å². The average molecular weight is 315 g/mol. The fourth-order valence-corrected chi connectivity index (χ4v) is 1.54. The topological polar surface area (TPSA) is 66.4 Å². The van der Waals surface area contributed by atoms with Crippen LogP contribution >= 0.6 is 0 Å². The summed E-state index contributed by atoms with van der Waals surface area (Å²) in [6.45, 7) is -1.25. The van der Waals surface area contributed by atoms with Crippen LogP contribution in [-0.4, -0.2) is 64.2 Å². The summed E-state index contributed by atoms with van der Waals surface area (Å²) in [7, 11) is -1.07. The maximum absolute atomic E-state index is 12.8. The molecular weight excluding hydrogens is 297 g/mol. The van der Waals surface area contributed by atoms with E-state index in [9.17, 15) is 30.4 Å². The summed E-state index contributed by atoms with van der Waals surface area (Å²) < 4.78 is 90.9. The zero-order valence-electron chi connectivity index (χ0n) is 10.5. The molecule has 4 nitrogen and oxygen atoms in total. The first-order valence-electron chi connectivity index (χ1n) is 5.26. The predicted octanol–water partition coefficient (Wildman–Crippen LogP) is 1.42. The van der Waals surface area contributed by atoms with Crippen molar-refractivity contribution in [2.24, 2.45) is 0 Å². The summed E-state index contributed by atoms with van der Waals surface area (Å²) in [5.41, 5.74) is 0. The van der Waals surface area contributed by atoms with Crippen LogP contribution in [0.2, 0.25) is 0 Å². The standard InChI is InChI=1S/C7H11F5O3S.C2H7N/c8-2-1-4(9)6(11)7(12)5(10)3-16(13,14)15;1-3-2/h4-7H,1-3H2,(H,13,14,15);3H,1-2H3. The first-order valence-corrected chi connectivity index (χ1v) is 6.87. The quantitative estimate of drug-likeness (QED) is 0.551. The highest BCUT2D eigenvalue weighted by molar-refractivity contribution is 7.85. The van der Waals surface area contributed by atoms with Gasteiger partial charge in [0.15, 0.2) is 18.5 Å². The molecule has 0 aromatic rings. The molecule has 0 aromatic carbocycles. The Bertz CT molecular complexity index is 317. The molecule has 0 spiro atoms. The van der Waals surface area contributed by atoms with Crippen molar-refractivity contribution in [3.05, 3.63) is 0 Å². The molecule has 19 heavy (non-hydrogen) atoms. The van der Waals surface area contributed by atoms with Crippen LogP contribution < -0.4 is 5.32 Å². The lowest BCUT2D eigenvalue weighted by molar-refractivity contribution is 0.0340. The number of nitrogens with one attached hydrogen (secondary N) is 1. The van der Waals surface area contributed by atoms with Gasteiger partial charge in [-0.1, -0.05) is 0 Å². The molecule has 0 aliphatic rings. The summed E-state index contributed by atoms with van der Waals surface area (Å²) in [5, 5.41) is 2.75. The van der Waals surface area contributed by atoms with Gasteiger partial charge in [-0.15, -0.1) is 0 Å². The van der Waals surface area contributed by atoms with E-state index in [4.69, 9.17) is 4.55 Å². The van der Waals surface area contributed by atoms with Crippen LogP contribution in [0, 0.1) is 0 Å². The predicted molar refractivity (Wildman–Crippen MR) is 61.6 cm³/mol. The molecule has 0 saturated carbocycles. The Kier molecular flexibility index (Phi) is 11.3. The van der Waals surface area contributed by atoms with Crippen molar-refractivity contribution in [3.63, 3.8) is 0 Å². The summed E-state index contributed by atoms with van der Waals surface area (Å²) in [6, 6.07) is 0. The molecule has 10 heteroatoms. The van der Waals surface area contributed by atoms with E-state index in [-0.39, 0.29) is 0 Å². The second-order valence-corrected chi connectivity index (χ2v) is 5.14. The summed E-state index contributed by atoms with van der Waals surface area (Å²) in [4.78, 5) is 0. The Hall–Kier alpha value is -0.480. The smallest absolute Gasteiger partial charge is 0.267 e. The van der Waals surface area contributed by atoms with Gasteiger partial charge < -0.3 is 5.32 Å². The van der Waals surface area contributed by atoms with Gasteiger partial charge in [0.25, 0.3) is 10.1 Å². The molecule has 0 aromatic heterocycles. The third kappa shape index (κ3) is 11.1. The molecule has 4 atom stereocenters. The van der Waals surface area contributed by atoms with E-state index in [1.54, 1.807) is 0 Å². The van der Waals surface area contributed by atoms with Crippen molar-refractivity contribution in [1.29, 1.82) is 0 Å². The van der Waals surface area contributed by atoms with E-state index in [1.165, 1.54) is 0 Å². The Morgan fingerprint density at radius 1 is 1.05 bits per heavy atom. The first-order chi connectivity index (χ1) is 8.60. The van der Waals surface area contributed by atoms with Crippen LogP contribution in [-0.2, 0) is 10.1 Å². The van der Waals surface area contributed by atoms with E-state index < -0.39 is 53.7 Å². The molecule has 0 radical (unpaired) electrons. The highest BCUT2D eigenvalue weighted by Gasteiger charge is 2.37. The molecule has 2 N–H and O–H groups in total. The van der Waals surface area contributed by atoms with Crippen molar-refractivity contribution < 1.29 is 34.9 Å². The van der Waals surface area contributed by atoms with Crippen LogP contribution in [0.15, 0.2) is 0 Å². The minimum Gasteiger partial charge on any atom is -0.323 e. The molecule has 0 amide bonds. The number of hydrogen-bond acceptors (Lipinski definition) is 3. The SMILES string of the molecule is CNC.O=S(=O)(O)CC(F)C(F)C(F)C(F)CCF. The first kappa shape index (κ1) is 20.8. The molecule has 4 unspecified atom stereocenters. The van der Waals surface area contributed by atoms with Gasteiger partial charge in [-0.2, -0.15) is 8.42 Å². The Balaban J connectivity index is 0. The molecule has 0 rings (SSSR count). The van der Waals surface area contributed by atoms with E-state index >= 15 is 0 Å². The van der Waals surface area contributed by atoms with Gasteiger partial charge in [0.05, 0.1) is 6.67 Å². The maximum atomic E-state index is 12.8. The lowest BCUT2D eigenvalue weighted by Crippen LogP contribution is -2.38. The maximum Gasteiger partial charge on any atom is 0.267 e. The molecule has 0 fully saturated rings. The second-order valence-electron chi connectivity index (χ2n) is 3.65. The van der Waals surface area contributed by atoms with E-state index in [2.05, 4.69) is 5.32 Å². The molecule has 0 bridgehead atoms. The number of hydrogen-bond donors (Lipinski definition) is 2. The van der Waals surface area contributed by atoms with Crippen molar-refractivity contribution in [3.8, 4) is 0 Å². The van der Waals surface area contributed by atoms with Gasteiger partial charge in [-0.3, -0.25) is 8.94 Å². The van der Waals surface area contributed by atoms with Crippen molar-refractivity contribution in [1.82, 2.24) is 5.32 Å². The fraction of sp³-hybridized carbons (Fsp3) is 1.00. The fourth-order valence-electron chi connectivity index (χ4n) is 0.956. The van der Waals surface area contributed by atoms with Crippen molar-refractivity contribution in [2.45, 2.75) is 31.1 Å². The Morgan fingerprint density at radius 2 is 1.42 bits per heavy atom. The molecule has 0 heterocycles. The third-order valence-electron chi connectivity index (χ3n) is 1.75. The summed E-state index contributed by atoms with van der Waals surface area (Å²) >= 11 is 0. The average Bonchev–Trinajstić information content (AvgIpc) is 2.26. The van der Waals surface area contributed by atoms with E-state index in [1.807, 2.05) is 14.1 Å². The Labute approximate surface area is 109 Å². The molecular formula is C9H18F5NO3S. The monoisotopic (exact) mass is 315 g/mol. The zero-order chi connectivity index (χ0) is 15.6. The van der Waals surface area contributed by atoms with Gasteiger partial charge in [0.1, 0.15) is 11.9 Å². The highest BCUT2D eigenvalue weighted by Crippen LogP contribution is 2.20. The van der Waals surface area contributed by atoms with Crippen molar-refractivity contribution >= 4 is 10.1 Å². The van der Waals surface area contributed by atoms with Crippen molar-refractivity contribution in [2.75, 3.05) is 26.5 Å². The van der Waals surface area contributed by atoms with Gasteiger partial charge in [0, 0.05) is 6.42 Å². The normalized spacial score (nSPS) is 17.9. The number of rotatable bonds is 7. The molecule has 0 aliphatic carbocycles. The number of halogens is 5. The third-order valence-corrected chi connectivity index (χ3v) is 2.49. The molecule has 0 aliphatic heterocycles. The van der Waals surface area contributed by atoms with Crippen LogP contribution in [0.25, 0.3) is 0 Å². The summed E-state index contributed by atoms with van der Waals surface area (Å²) in [6.07, 6.45) is -12.4. The van der Waals surface area contributed by atoms with Gasteiger partial charge in [0.2, 0.25) is 0 Å². The second kappa shape index (κ2) is 10.3. The molecule has 118 valence electrons. The van der Waals surface area contributed by atoms with Crippen LogP contribution in [0.3, 0.4) is 0 Å². The van der Waals surface area contributed by atoms with Crippen LogP contribution in [0.1, 0.15) is 6.42 Å². The molecule has 0 saturated heterocycles. The number of alkyl halides is 5. The summed E-state index contributed by atoms with van der Waals surface area (Å²) in [5.74, 6) is -1.67. The zero-order valence-corrected chi connectivity index (χ0v) is 11.3. The van der Waals surface area contributed by atoms with Crippen LogP contribution in [0.4, 0.5) is 22.0 Å². The van der Waals surface area contributed by atoms with E-state index in [0.717, 1.165) is 0 Å². The lowest BCUT2D eigenvalue weighted by Gasteiger charge is -2.18. The van der Waals surface area contributed by atoms with Crippen LogP contribution in [0.5, 0.6) is 0 Å². The van der Waals surface area contributed by atoms with E-state index in [0.29, 0.717) is 0 Å². The minimum atomic E-state index is -4.82. The van der Waals surface area contributed by atoms with Gasteiger partial charge in [-0.05, 0) is 14.1 Å². The largest absolute Gasteiger partial charge is 0.323 e. The Morgan fingerprint density at radius 3 is 1.74 bits per heavy atom. The van der Waals surface area contributed by atoms with Gasteiger partial charge >= 0.3 is 0 Å². The highest BCUT2D eigenvalue weighted by atomic mass is 32.2.